The fourth-order valence-electron chi connectivity index (χ4n) is 3.35. The third kappa shape index (κ3) is 2.72. The quantitative estimate of drug-likeness (QED) is 0.866. The number of amides is 1. The summed E-state index contributed by atoms with van der Waals surface area (Å²) in [7, 11) is 0. The molecule has 0 radical (unpaired) electrons. The van der Waals surface area contributed by atoms with Crippen molar-refractivity contribution in [3.05, 3.63) is 47.2 Å². The summed E-state index contributed by atoms with van der Waals surface area (Å²) in [4.78, 5) is 30.1. The second-order valence-corrected chi connectivity index (χ2v) is 6.37. The van der Waals surface area contributed by atoms with Crippen LogP contribution in [0.15, 0.2) is 24.5 Å². The summed E-state index contributed by atoms with van der Waals surface area (Å²) in [6.45, 7) is 5.25. The Morgan fingerprint density at radius 3 is 2.83 bits per heavy atom. The van der Waals surface area contributed by atoms with Gasteiger partial charge in [-0.05, 0) is 25.0 Å². The molecule has 2 aliphatic heterocycles. The topological polar surface area (TPSA) is 62.2 Å². The molecule has 2 aromatic heterocycles. The van der Waals surface area contributed by atoms with Gasteiger partial charge in [0, 0.05) is 49.6 Å². The van der Waals surface area contributed by atoms with Gasteiger partial charge in [0.1, 0.15) is 11.6 Å². The molecular formula is C18H21N5O. The number of carbonyl (C=O) groups excluding carboxylic acids is 1. The predicted octanol–water partition coefficient (Wildman–Crippen LogP) is 2.19. The van der Waals surface area contributed by atoms with Gasteiger partial charge in [0.15, 0.2) is 0 Å². The maximum absolute atomic E-state index is 12.6. The zero-order valence-corrected chi connectivity index (χ0v) is 13.9. The second-order valence-electron chi connectivity index (χ2n) is 6.37. The molecule has 0 spiro atoms. The maximum Gasteiger partial charge on any atom is 0.254 e. The van der Waals surface area contributed by atoms with Crippen molar-refractivity contribution in [2.75, 3.05) is 18.0 Å². The van der Waals surface area contributed by atoms with Crippen molar-refractivity contribution in [1.82, 2.24) is 19.9 Å². The van der Waals surface area contributed by atoms with Crippen LogP contribution in [0.5, 0.6) is 0 Å². The van der Waals surface area contributed by atoms with Crippen molar-refractivity contribution in [2.24, 2.45) is 0 Å². The Kier molecular flexibility index (Phi) is 3.88. The number of aryl methyl sites for hydroxylation is 1. The monoisotopic (exact) mass is 323 g/mol. The summed E-state index contributed by atoms with van der Waals surface area (Å²) in [6.07, 6.45) is 6.68. The van der Waals surface area contributed by atoms with E-state index in [0.717, 1.165) is 73.9 Å². The zero-order chi connectivity index (χ0) is 16.5. The van der Waals surface area contributed by atoms with Gasteiger partial charge in [0.05, 0.1) is 12.2 Å². The van der Waals surface area contributed by atoms with Gasteiger partial charge in [-0.15, -0.1) is 0 Å². The minimum absolute atomic E-state index is 0.112. The molecule has 4 heterocycles. The zero-order valence-electron chi connectivity index (χ0n) is 13.9. The number of likely N-dealkylation sites (tertiary alicyclic amines) is 1. The van der Waals surface area contributed by atoms with Crippen LogP contribution < -0.4 is 4.90 Å². The van der Waals surface area contributed by atoms with Crippen molar-refractivity contribution in [3.63, 3.8) is 0 Å². The Hall–Kier alpha value is -2.50. The van der Waals surface area contributed by atoms with Crippen LogP contribution in [-0.4, -0.2) is 38.8 Å². The molecule has 1 amide bonds. The lowest BCUT2D eigenvalue weighted by Crippen LogP contribution is -2.28. The summed E-state index contributed by atoms with van der Waals surface area (Å²) in [5, 5.41) is 0. The highest BCUT2D eigenvalue weighted by molar-refractivity contribution is 5.95. The number of carbonyl (C=O) groups is 1. The maximum atomic E-state index is 12.6. The van der Waals surface area contributed by atoms with Crippen LogP contribution in [0.3, 0.4) is 0 Å². The summed E-state index contributed by atoms with van der Waals surface area (Å²) in [5.41, 5.74) is 2.93. The van der Waals surface area contributed by atoms with E-state index in [9.17, 15) is 4.79 Å². The second kappa shape index (κ2) is 6.19. The molecule has 0 saturated carbocycles. The summed E-state index contributed by atoms with van der Waals surface area (Å²) in [5.74, 6) is 1.82. The third-order valence-electron chi connectivity index (χ3n) is 4.73. The SMILES string of the molecule is CCc1ncc2c(n1)CN(c1cc(C(=O)N3CCCC3)ccn1)C2. The Balaban J connectivity index is 1.55. The number of nitrogens with zero attached hydrogens (tertiary/aromatic N) is 5. The van der Waals surface area contributed by atoms with Gasteiger partial charge >= 0.3 is 0 Å². The normalized spacial score (nSPS) is 16.5. The third-order valence-corrected chi connectivity index (χ3v) is 4.73. The number of rotatable bonds is 3. The van der Waals surface area contributed by atoms with E-state index in [1.54, 1.807) is 6.20 Å². The first kappa shape index (κ1) is 15.1. The average molecular weight is 323 g/mol. The molecule has 124 valence electrons. The van der Waals surface area contributed by atoms with Crippen molar-refractivity contribution >= 4 is 11.7 Å². The molecule has 0 aromatic carbocycles. The van der Waals surface area contributed by atoms with Gasteiger partial charge in [-0.3, -0.25) is 4.79 Å². The Bertz CT molecular complexity index is 770. The van der Waals surface area contributed by atoms with E-state index >= 15 is 0 Å². The van der Waals surface area contributed by atoms with Gasteiger partial charge in [0.2, 0.25) is 0 Å². The number of hydrogen-bond acceptors (Lipinski definition) is 5. The largest absolute Gasteiger partial charge is 0.346 e. The molecule has 6 nitrogen and oxygen atoms in total. The van der Waals surface area contributed by atoms with Crippen LogP contribution in [0.1, 0.15) is 47.2 Å². The van der Waals surface area contributed by atoms with Gasteiger partial charge in [-0.2, -0.15) is 0 Å². The van der Waals surface area contributed by atoms with Crippen LogP contribution in [0.4, 0.5) is 5.82 Å². The highest BCUT2D eigenvalue weighted by atomic mass is 16.2. The van der Waals surface area contributed by atoms with E-state index in [2.05, 4.69) is 26.8 Å². The molecular weight excluding hydrogens is 302 g/mol. The minimum Gasteiger partial charge on any atom is -0.346 e. The van der Waals surface area contributed by atoms with E-state index in [1.807, 2.05) is 23.2 Å². The van der Waals surface area contributed by atoms with E-state index in [-0.39, 0.29) is 5.91 Å². The van der Waals surface area contributed by atoms with Gasteiger partial charge in [-0.25, -0.2) is 15.0 Å². The van der Waals surface area contributed by atoms with Crippen molar-refractivity contribution in [1.29, 1.82) is 0 Å². The highest BCUT2D eigenvalue weighted by Gasteiger charge is 2.24. The van der Waals surface area contributed by atoms with E-state index < -0.39 is 0 Å². The summed E-state index contributed by atoms with van der Waals surface area (Å²) >= 11 is 0. The number of anilines is 1. The molecule has 0 N–H and O–H groups in total. The van der Waals surface area contributed by atoms with Gasteiger partial charge in [0.25, 0.3) is 5.91 Å². The summed E-state index contributed by atoms with van der Waals surface area (Å²) in [6, 6.07) is 3.71. The number of aromatic nitrogens is 3. The van der Waals surface area contributed by atoms with Crippen LogP contribution in [0.25, 0.3) is 0 Å². The van der Waals surface area contributed by atoms with Crippen LogP contribution in [0.2, 0.25) is 0 Å². The summed E-state index contributed by atoms with van der Waals surface area (Å²) < 4.78 is 0. The fraction of sp³-hybridized carbons (Fsp3) is 0.444. The molecule has 0 aliphatic carbocycles. The molecule has 2 aromatic rings. The van der Waals surface area contributed by atoms with Crippen molar-refractivity contribution in [2.45, 2.75) is 39.3 Å². The Labute approximate surface area is 141 Å². The van der Waals surface area contributed by atoms with Gasteiger partial charge < -0.3 is 9.80 Å². The molecule has 1 fully saturated rings. The lowest BCUT2D eigenvalue weighted by molar-refractivity contribution is 0.0792. The number of fused-ring (bicyclic) bond motifs is 1. The predicted molar refractivity (Wildman–Crippen MR) is 90.7 cm³/mol. The molecule has 0 unspecified atom stereocenters. The van der Waals surface area contributed by atoms with Gasteiger partial charge in [-0.1, -0.05) is 6.92 Å². The molecule has 24 heavy (non-hydrogen) atoms. The Morgan fingerprint density at radius 2 is 2.04 bits per heavy atom. The number of pyridine rings is 1. The molecule has 1 saturated heterocycles. The molecule has 2 aliphatic rings. The first-order chi connectivity index (χ1) is 11.7. The lowest BCUT2D eigenvalue weighted by atomic mass is 10.2. The molecule has 0 bridgehead atoms. The molecule has 6 heteroatoms. The van der Waals surface area contributed by atoms with E-state index in [0.29, 0.717) is 0 Å². The van der Waals surface area contributed by atoms with E-state index in [1.165, 1.54) is 0 Å². The lowest BCUT2D eigenvalue weighted by Gasteiger charge is -2.19. The first-order valence-electron chi connectivity index (χ1n) is 8.58. The van der Waals surface area contributed by atoms with Crippen LogP contribution >= 0.6 is 0 Å². The Morgan fingerprint density at radius 1 is 1.21 bits per heavy atom. The fourth-order valence-corrected chi connectivity index (χ4v) is 3.35. The van der Waals surface area contributed by atoms with Crippen molar-refractivity contribution in [3.8, 4) is 0 Å². The highest BCUT2D eigenvalue weighted by Crippen LogP contribution is 2.26. The first-order valence-corrected chi connectivity index (χ1v) is 8.58. The molecule has 4 rings (SSSR count). The average Bonchev–Trinajstić information content (AvgIpc) is 3.30. The number of hydrogen-bond donors (Lipinski definition) is 0. The van der Waals surface area contributed by atoms with Crippen molar-refractivity contribution < 1.29 is 4.79 Å². The molecule has 0 atom stereocenters. The van der Waals surface area contributed by atoms with Crippen LogP contribution in [-0.2, 0) is 19.5 Å². The smallest absolute Gasteiger partial charge is 0.254 e. The standard InChI is InChI=1S/C18H21N5O/c1-2-16-20-10-14-11-23(12-15(14)21-16)17-9-13(5-6-19-17)18(24)22-7-3-4-8-22/h5-6,9-10H,2-4,7-8,11-12H2,1H3. The van der Waals surface area contributed by atoms with Crippen LogP contribution in [0, 0.1) is 0 Å². The minimum atomic E-state index is 0.112. The van der Waals surface area contributed by atoms with E-state index in [4.69, 9.17) is 0 Å².